The Kier molecular flexibility index (Phi) is 6.42. The molecule has 30 heavy (non-hydrogen) atoms. The minimum absolute atomic E-state index is 0.0158. The minimum Gasteiger partial charge on any atom is -0.502 e. The SMILES string of the molecule is COc1cc(/C=N\NC(=O)c2ccn(Cc3ccc(Br)cc3)n2)c(O)c([N+](=O)[O-])c1. The summed E-state index contributed by atoms with van der Waals surface area (Å²) in [5, 5.41) is 29.0. The molecule has 1 amide bonds. The van der Waals surface area contributed by atoms with Crippen molar-refractivity contribution in [2.24, 2.45) is 5.10 Å². The number of nitro groups is 1. The Morgan fingerprint density at radius 3 is 2.77 bits per heavy atom. The third kappa shape index (κ3) is 5.00. The number of hydrogen-bond donors (Lipinski definition) is 2. The van der Waals surface area contributed by atoms with Crippen LogP contribution in [0.3, 0.4) is 0 Å². The number of rotatable bonds is 7. The molecule has 2 N–H and O–H groups in total. The fourth-order valence-corrected chi connectivity index (χ4v) is 2.80. The van der Waals surface area contributed by atoms with Crippen LogP contribution in [0.25, 0.3) is 0 Å². The maximum Gasteiger partial charge on any atom is 0.315 e. The minimum atomic E-state index is -0.744. The molecule has 0 aliphatic carbocycles. The number of phenols is 1. The van der Waals surface area contributed by atoms with Crippen LogP contribution in [0.5, 0.6) is 11.5 Å². The van der Waals surface area contributed by atoms with Gasteiger partial charge in [-0.25, -0.2) is 5.43 Å². The highest BCUT2D eigenvalue weighted by atomic mass is 79.9. The molecule has 3 rings (SSSR count). The van der Waals surface area contributed by atoms with Gasteiger partial charge in [-0.1, -0.05) is 28.1 Å². The van der Waals surface area contributed by atoms with E-state index in [1.54, 1.807) is 10.9 Å². The van der Waals surface area contributed by atoms with Crippen LogP contribution in [-0.4, -0.2) is 39.0 Å². The summed E-state index contributed by atoms with van der Waals surface area (Å²) < 4.78 is 7.56. The monoisotopic (exact) mass is 473 g/mol. The van der Waals surface area contributed by atoms with Gasteiger partial charge in [-0.15, -0.1) is 0 Å². The second kappa shape index (κ2) is 9.18. The second-order valence-corrected chi connectivity index (χ2v) is 6.98. The number of nitrogens with one attached hydrogen (secondary N) is 1. The molecule has 0 spiro atoms. The third-order valence-electron chi connectivity index (χ3n) is 4.03. The summed E-state index contributed by atoms with van der Waals surface area (Å²) in [6, 6.07) is 11.7. The van der Waals surface area contributed by atoms with Crippen LogP contribution in [0.15, 0.2) is 58.2 Å². The lowest BCUT2D eigenvalue weighted by atomic mass is 10.1. The Hall–Kier alpha value is -3.73. The third-order valence-corrected chi connectivity index (χ3v) is 4.55. The Morgan fingerprint density at radius 2 is 2.10 bits per heavy atom. The lowest BCUT2D eigenvalue weighted by Crippen LogP contribution is -2.18. The lowest BCUT2D eigenvalue weighted by Gasteiger charge is -2.04. The van der Waals surface area contributed by atoms with Crippen LogP contribution >= 0.6 is 15.9 Å². The molecule has 0 aliphatic rings. The maximum absolute atomic E-state index is 12.2. The van der Waals surface area contributed by atoms with Crippen molar-refractivity contribution >= 4 is 33.7 Å². The van der Waals surface area contributed by atoms with Crippen molar-refractivity contribution in [2.75, 3.05) is 7.11 Å². The van der Waals surface area contributed by atoms with Crippen LogP contribution < -0.4 is 10.2 Å². The average molecular weight is 474 g/mol. The van der Waals surface area contributed by atoms with Crippen LogP contribution in [0.2, 0.25) is 0 Å². The number of nitrogens with zero attached hydrogens (tertiary/aromatic N) is 4. The average Bonchev–Trinajstić information content (AvgIpc) is 3.19. The zero-order chi connectivity index (χ0) is 21.7. The van der Waals surface area contributed by atoms with E-state index in [9.17, 15) is 20.0 Å². The zero-order valence-electron chi connectivity index (χ0n) is 15.7. The van der Waals surface area contributed by atoms with E-state index in [0.717, 1.165) is 22.3 Å². The predicted molar refractivity (Wildman–Crippen MR) is 112 cm³/mol. The Morgan fingerprint density at radius 1 is 1.37 bits per heavy atom. The molecule has 10 nitrogen and oxygen atoms in total. The summed E-state index contributed by atoms with van der Waals surface area (Å²) in [6.45, 7) is 0.491. The molecule has 0 unspecified atom stereocenters. The molecule has 3 aromatic rings. The van der Waals surface area contributed by atoms with E-state index in [0.29, 0.717) is 6.54 Å². The van der Waals surface area contributed by atoms with Crippen molar-refractivity contribution in [3.8, 4) is 11.5 Å². The highest BCUT2D eigenvalue weighted by molar-refractivity contribution is 9.10. The standard InChI is InChI=1S/C19H16BrN5O5/c1-30-15-8-13(18(26)17(9-15)25(28)29)10-21-22-19(27)16-6-7-24(23-16)11-12-2-4-14(20)5-3-12/h2-10,26H,11H2,1H3,(H,22,27)/b21-10-. The molecule has 0 fully saturated rings. The highest BCUT2D eigenvalue weighted by Crippen LogP contribution is 2.33. The molecular weight excluding hydrogens is 458 g/mol. The molecule has 2 aromatic carbocycles. The quantitative estimate of drug-likeness (QED) is 0.307. The number of phenolic OH excluding ortho intramolecular Hbond substituents is 1. The van der Waals surface area contributed by atoms with Gasteiger partial charge >= 0.3 is 5.69 Å². The summed E-state index contributed by atoms with van der Waals surface area (Å²) in [4.78, 5) is 22.5. The summed E-state index contributed by atoms with van der Waals surface area (Å²) >= 11 is 3.37. The number of nitro benzene ring substituents is 1. The van der Waals surface area contributed by atoms with Crippen LogP contribution in [0.1, 0.15) is 21.6 Å². The van der Waals surface area contributed by atoms with E-state index in [-0.39, 0.29) is 17.0 Å². The highest BCUT2D eigenvalue weighted by Gasteiger charge is 2.19. The van der Waals surface area contributed by atoms with Crippen molar-refractivity contribution in [1.82, 2.24) is 15.2 Å². The van der Waals surface area contributed by atoms with Gasteiger partial charge in [0.05, 0.1) is 30.9 Å². The van der Waals surface area contributed by atoms with Crippen LogP contribution in [0, 0.1) is 10.1 Å². The summed E-state index contributed by atoms with van der Waals surface area (Å²) in [7, 11) is 1.34. The molecule has 0 bridgehead atoms. The maximum atomic E-state index is 12.2. The largest absolute Gasteiger partial charge is 0.502 e. The Balaban J connectivity index is 1.68. The molecule has 1 aromatic heterocycles. The van der Waals surface area contributed by atoms with Crippen molar-refractivity contribution in [3.05, 3.63) is 80.1 Å². The molecular formula is C19H16BrN5O5. The molecule has 1 heterocycles. The Bertz CT molecular complexity index is 1110. The fraction of sp³-hybridized carbons (Fsp3) is 0.105. The van der Waals surface area contributed by atoms with Gasteiger partial charge in [0.1, 0.15) is 5.75 Å². The summed E-state index contributed by atoms with van der Waals surface area (Å²) in [6.07, 6.45) is 2.75. The smallest absolute Gasteiger partial charge is 0.315 e. The number of benzene rings is 2. The van der Waals surface area contributed by atoms with E-state index < -0.39 is 22.3 Å². The van der Waals surface area contributed by atoms with Crippen molar-refractivity contribution < 1.29 is 19.6 Å². The topological polar surface area (TPSA) is 132 Å². The molecule has 0 saturated heterocycles. The van der Waals surface area contributed by atoms with Gasteiger partial charge in [0.15, 0.2) is 5.69 Å². The van der Waals surface area contributed by atoms with Crippen molar-refractivity contribution in [3.63, 3.8) is 0 Å². The number of amides is 1. The first kappa shape index (κ1) is 21.0. The predicted octanol–water partition coefficient (Wildman–Crippen LogP) is 3.08. The van der Waals surface area contributed by atoms with Gasteiger partial charge in [-0.3, -0.25) is 19.6 Å². The van der Waals surface area contributed by atoms with E-state index >= 15 is 0 Å². The van der Waals surface area contributed by atoms with E-state index in [1.165, 1.54) is 19.2 Å². The molecule has 0 saturated carbocycles. The van der Waals surface area contributed by atoms with Gasteiger partial charge in [0.25, 0.3) is 5.91 Å². The number of halogens is 1. The van der Waals surface area contributed by atoms with Gasteiger partial charge < -0.3 is 9.84 Å². The number of ether oxygens (including phenoxy) is 1. The number of aromatic nitrogens is 2. The Labute approximate surface area is 179 Å². The zero-order valence-corrected chi connectivity index (χ0v) is 17.2. The van der Waals surface area contributed by atoms with Crippen molar-refractivity contribution in [1.29, 1.82) is 0 Å². The number of hydrazone groups is 1. The second-order valence-electron chi connectivity index (χ2n) is 6.07. The van der Waals surface area contributed by atoms with Gasteiger partial charge in [-0.05, 0) is 29.8 Å². The van der Waals surface area contributed by atoms with Gasteiger partial charge in [-0.2, -0.15) is 10.2 Å². The lowest BCUT2D eigenvalue weighted by molar-refractivity contribution is -0.385. The number of methoxy groups -OCH3 is 1. The number of carbonyl (C=O) groups excluding carboxylic acids is 1. The number of carbonyl (C=O) groups is 1. The van der Waals surface area contributed by atoms with E-state index in [1.807, 2.05) is 24.3 Å². The van der Waals surface area contributed by atoms with Crippen molar-refractivity contribution in [2.45, 2.75) is 6.54 Å². The summed E-state index contributed by atoms with van der Waals surface area (Å²) in [5.41, 5.74) is 2.91. The van der Waals surface area contributed by atoms with E-state index in [4.69, 9.17) is 4.74 Å². The number of aromatic hydroxyl groups is 1. The first-order chi connectivity index (χ1) is 14.4. The first-order valence-corrected chi connectivity index (χ1v) is 9.33. The molecule has 11 heteroatoms. The first-order valence-electron chi connectivity index (χ1n) is 8.54. The molecule has 0 radical (unpaired) electrons. The van der Waals surface area contributed by atoms with Gasteiger partial charge in [0.2, 0.25) is 5.75 Å². The molecule has 0 aliphatic heterocycles. The molecule has 0 atom stereocenters. The van der Waals surface area contributed by atoms with Crippen LogP contribution in [-0.2, 0) is 6.54 Å². The van der Waals surface area contributed by atoms with Gasteiger partial charge in [0, 0.05) is 16.2 Å². The normalized spacial score (nSPS) is 10.9. The fourth-order valence-electron chi connectivity index (χ4n) is 2.54. The van der Waals surface area contributed by atoms with Crippen LogP contribution in [0.4, 0.5) is 5.69 Å². The summed E-state index contributed by atoms with van der Waals surface area (Å²) in [5.74, 6) is -0.991. The molecule has 154 valence electrons. The van der Waals surface area contributed by atoms with E-state index in [2.05, 4.69) is 31.6 Å². The number of hydrogen-bond acceptors (Lipinski definition) is 7.